The number of amides is 1. The molecule has 0 bridgehead atoms. The summed E-state index contributed by atoms with van der Waals surface area (Å²) in [5.41, 5.74) is 3.72. The van der Waals surface area contributed by atoms with Gasteiger partial charge in [-0.3, -0.25) is 14.2 Å². The van der Waals surface area contributed by atoms with Crippen molar-refractivity contribution in [2.24, 2.45) is 0 Å². The average Bonchev–Trinajstić information content (AvgIpc) is 3.02. The van der Waals surface area contributed by atoms with Crippen molar-refractivity contribution in [3.05, 3.63) is 106 Å². The van der Waals surface area contributed by atoms with Gasteiger partial charge >= 0.3 is 0 Å². The van der Waals surface area contributed by atoms with Crippen LogP contribution in [0, 0.1) is 0 Å². The van der Waals surface area contributed by atoms with Crippen LogP contribution in [0.3, 0.4) is 0 Å². The number of anilines is 1. The van der Waals surface area contributed by atoms with E-state index in [1.54, 1.807) is 28.7 Å². The molecule has 1 aromatic heterocycles. The topological polar surface area (TPSA) is 55.2 Å². The predicted molar refractivity (Wildman–Crippen MR) is 119 cm³/mol. The number of carbonyl (C=O) groups excluding carboxylic acids is 1. The molecule has 5 nitrogen and oxygen atoms in total. The van der Waals surface area contributed by atoms with Gasteiger partial charge in [0.1, 0.15) is 5.82 Å². The third-order valence-electron chi connectivity index (χ3n) is 5.44. The summed E-state index contributed by atoms with van der Waals surface area (Å²) < 4.78 is 1.64. The van der Waals surface area contributed by atoms with E-state index in [2.05, 4.69) is 0 Å². The maximum Gasteiger partial charge on any atom is 0.261 e. The Morgan fingerprint density at radius 3 is 2.40 bits per heavy atom. The van der Waals surface area contributed by atoms with E-state index in [4.69, 9.17) is 4.98 Å². The van der Waals surface area contributed by atoms with Crippen LogP contribution in [0.15, 0.2) is 83.7 Å². The maximum atomic E-state index is 13.3. The molecule has 3 aromatic carbocycles. The van der Waals surface area contributed by atoms with Crippen molar-refractivity contribution in [2.45, 2.75) is 6.54 Å². The van der Waals surface area contributed by atoms with Crippen molar-refractivity contribution in [1.29, 1.82) is 0 Å². The average molecular weight is 393 g/mol. The van der Waals surface area contributed by atoms with Crippen molar-refractivity contribution in [1.82, 2.24) is 9.55 Å². The second kappa shape index (κ2) is 7.12. The molecule has 0 saturated carbocycles. The third-order valence-corrected chi connectivity index (χ3v) is 5.44. The smallest absolute Gasteiger partial charge is 0.261 e. The molecule has 146 valence electrons. The summed E-state index contributed by atoms with van der Waals surface area (Å²) >= 11 is 0. The largest absolute Gasteiger partial charge is 0.311 e. The molecule has 1 aliphatic rings. The quantitative estimate of drug-likeness (QED) is 0.495. The summed E-state index contributed by atoms with van der Waals surface area (Å²) in [6.45, 7) is 0.377. The SMILES string of the molecule is CN1C(=O)/C(=C/c2nc3ccccc3c(=O)n2Cc2ccccc2)c2ccccc21. The summed E-state index contributed by atoms with van der Waals surface area (Å²) in [6, 6.07) is 24.7. The van der Waals surface area contributed by atoms with Gasteiger partial charge in [0.05, 0.1) is 28.7 Å². The Labute approximate surface area is 173 Å². The van der Waals surface area contributed by atoms with Gasteiger partial charge < -0.3 is 4.90 Å². The van der Waals surface area contributed by atoms with E-state index in [9.17, 15) is 9.59 Å². The lowest BCUT2D eigenvalue weighted by molar-refractivity contribution is -0.112. The molecular weight excluding hydrogens is 374 g/mol. The lowest BCUT2D eigenvalue weighted by Gasteiger charge is -2.12. The van der Waals surface area contributed by atoms with E-state index < -0.39 is 0 Å². The molecule has 5 heteroatoms. The monoisotopic (exact) mass is 393 g/mol. The van der Waals surface area contributed by atoms with Crippen molar-refractivity contribution < 1.29 is 4.79 Å². The molecule has 30 heavy (non-hydrogen) atoms. The standard InChI is InChI=1S/C25H19N3O2/c1-27-22-14-8-6-11-18(22)20(24(27)29)15-23-26-21-13-7-5-12-19(21)25(30)28(23)16-17-9-3-2-4-10-17/h2-15H,16H2,1H3/b20-15+. The summed E-state index contributed by atoms with van der Waals surface area (Å²) in [7, 11) is 1.76. The first kappa shape index (κ1) is 18.1. The van der Waals surface area contributed by atoms with Crippen LogP contribution in [-0.2, 0) is 11.3 Å². The van der Waals surface area contributed by atoms with E-state index in [0.717, 1.165) is 16.8 Å². The Hall–Kier alpha value is -3.99. The number of hydrogen-bond acceptors (Lipinski definition) is 3. The lowest BCUT2D eigenvalue weighted by Crippen LogP contribution is -2.25. The van der Waals surface area contributed by atoms with Crippen molar-refractivity contribution >= 4 is 34.1 Å². The molecule has 0 aliphatic carbocycles. The molecule has 0 saturated heterocycles. The number of para-hydroxylation sites is 2. The van der Waals surface area contributed by atoms with Gasteiger partial charge in [-0.2, -0.15) is 0 Å². The molecule has 0 N–H and O–H groups in total. The van der Waals surface area contributed by atoms with E-state index >= 15 is 0 Å². The van der Waals surface area contributed by atoms with Gasteiger partial charge in [-0.15, -0.1) is 0 Å². The minimum Gasteiger partial charge on any atom is -0.311 e. The molecule has 1 amide bonds. The normalized spacial score (nSPS) is 14.5. The zero-order valence-electron chi connectivity index (χ0n) is 16.4. The molecule has 0 spiro atoms. The Morgan fingerprint density at radius 1 is 0.867 bits per heavy atom. The van der Waals surface area contributed by atoms with E-state index in [1.165, 1.54) is 0 Å². The Morgan fingerprint density at radius 2 is 1.57 bits per heavy atom. The first-order chi connectivity index (χ1) is 14.6. The van der Waals surface area contributed by atoms with Crippen LogP contribution in [0.2, 0.25) is 0 Å². The number of likely N-dealkylation sites (N-methyl/N-ethyl adjacent to an activating group) is 1. The second-order valence-electron chi connectivity index (χ2n) is 7.30. The summed E-state index contributed by atoms with van der Waals surface area (Å²) in [5.74, 6) is 0.362. The highest BCUT2D eigenvalue weighted by atomic mass is 16.2. The van der Waals surface area contributed by atoms with Gasteiger partial charge in [-0.25, -0.2) is 4.98 Å². The predicted octanol–water partition coefficient (Wildman–Crippen LogP) is 3.96. The number of carbonyl (C=O) groups is 1. The molecule has 2 heterocycles. The lowest BCUT2D eigenvalue weighted by atomic mass is 10.1. The van der Waals surface area contributed by atoms with Crippen LogP contribution < -0.4 is 10.5 Å². The van der Waals surface area contributed by atoms with Gasteiger partial charge in [0.15, 0.2) is 0 Å². The summed E-state index contributed by atoms with van der Waals surface area (Å²) in [4.78, 5) is 32.6. The molecule has 4 aromatic rings. The maximum absolute atomic E-state index is 13.3. The molecule has 1 aliphatic heterocycles. The second-order valence-corrected chi connectivity index (χ2v) is 7.30. The minimum atomic E-state index is -0.122. The van der Waals surface area contributed by atoms with Crippen LogP contribution in [-0.4, -0.2) is 22.5 Å². The number of hydrogen-bond donors (Lipinski definition) is 0. The van der Waals surface area contributed by atoms with Gasteiger partial charge in [-0.05, 0) is 29.8 Å². The zero-order chi connectivity index (χ0) is 20.7. The molecule has 5 rings (SSSR count). The van der Waals surface area contributed by atoms with Crippen molar-refractivity contribution in [3.8, 4) is 0 Å². The van der Waals surface area contributed by atoms with Crippen LogP contribution >= 0.6 is 0 Å². The Bertz CT molecular complexity index is 1370. The first-order valence-electron chi connectivity index (χ1n) is 9.76. The zero-order valence-corrected chi connectivity index (χ0v) is 16.4. The molecule has 0 radical (unpaired) electrons. The van der Waals surface area contributed by atoms with Crippen LogP contribution in [0.1, 0.15) is 17.0 Å². The van der Waals surface area contributed by atoms with Crippen molar-refractivity contribution in [2.75, 3.05) is 11.9 Å². The summed E-state index contributed by atoms with van der Waals surface area (Å²) in [5, 5.41) is 0.561. The van der Waals surface area contributed by atoms with E-state index in [1.807, 2.05) is 72.8 Å². The minimum absolute atomic E-state index is 0.107. The third kappa shape index (κ3) is 2.92. The Balaban J connectivity index is 1.74. The molecule has 0 fully saturated rings. The first-order valence-corrected chi connectivity index (χ1v) is 9.76. The Kier molecular flexibility index (Phi) is 4.29. The van der Waals surface area contributed by atoms with Crippen LogP contribution in [0.5, 0.6) is 0 Å². The van der Waals surface area contributed by atoms with Gasteiger partial charge in [0.2, 0.25) is 0 Å². The number of fused-ring (bicyclic) bond motifs is 2. The number of benzene rings is 3. The van der Waals surface area contributed by atoms with E-state index in [0.29, 0.717) is 28.8 Å². The summed E-state index contributed by atoms with van der Waals surface area (Å²) in [6.07, 6.45) is 1.74. The number of aromatic nitrogens is 2. The highest BCUT2D eigenvalue weighted by Gasteiger charge is 2.29. The fourth-order valence-corrected chi connectivity index (χ4v) is 3.88. The van der Waals surface area contributed by atoms with Crippen LogP contribution in [0.25, 0.3) is 22.6 Å². The molecular formula is C25H19N3O2. The van der Waals surface area contributed by atoms with Gasteiger partial charge in [0, 0.05) is 12.6 Å². The van der Waals surface area contributed by atoms with E-state index in [-0.39, 0.29) is 11.5 Å². The molecule has 0 unspecified atom stereocenters. The molecule has 0 atom stereocenters. The number of nitrogens with zero attached hydrogens (tertiary/aromatic N) is 3. The number of rotatable bonds is 3. The fourth-order valence-electron chi connectivity index (χ4n) is 3.88. The van der Waals surface area contributed by atoms with Gasteiger partial charge in [-0.1, -0.05) is 60.7 Å². The fraction of sp³-hybridized carbons (Fsp3) is 0.0800. The van der Waals surface area contributed by atoms with Crippen LogP contribution in [0.4, 0.5) is 5.69 Å². The van der Waals surface area contributed by atoms with Gasteiger partial charge in [0.25, 0.3) is 11.5 Å². The van der Waals surface area contributed by atoms with Crippen molar-refractivity contribution in [3.63, 3.8) is 0 Å². The highest BCUT2D eigenvalue weighted by molar-refractivity contribution is 6.35. The highest BCUT2D eigenvalue weighted by Crippen LogP contribution is 2.36.